The molecule has 176 valence electrons. The highest BCUT2D eigenvalue weighted by molar-refractivity contribution is 5.86. The molecule has 4 aromatic rings. The third-order valence-corrected chi connectivity index (χ3v) is 5.11. The Morgan fingerprint density at radius 3 is 2.50 bits per heavy atom. The molecular weight excluding hydrogens is 451 g/mol. The van der Waals surface area contributed by atoms with E-state index >= 15 is 4.39 Å². The molecule has 12 heteroatoms. The van der Waals surface area contributed by atoms with Crippen molar-refractivity contribution in [2.75, 3.05) is 23.9 Å². The fraction of sp³-hybridized carbons (Fsp3) is 0.227. The first-order chi connectivity index (χ1) is 16.3. The number of anilines is 2. The molecule has 34 heavy (non-hydrogen) atoms. The van der Waals surface area contributed by atoms with Crippen molar-refractivity contribution < 1.29 is 22.4 Å². The summed E-state index contributed by atoms with van der Waals surface area (Å²) in [5, 5.41) is 11.0. The summed E-state index contributed by atoms with van der Waals surface area (Å²) in [6.07, 6.45) is 0.673. The van der Waals surface area contributed by atoms with E-state index in [4.69, 9.17) is 4.42 Å². The van der Waals surface area contributed by atoms with Crippen LogP contribution in [0.1, 0.15) is 18.0 Å². The van der Waals surface area contributed by atoms with E-state index in [2.05, 4.69) is 20.3 Å². The fourth-order valence-electron chi connectivity index (χ4n) is 3.41. The number of carbonyl (C=O) groups is 1. The Bertz CT molecular complexity index is 1300. The number of rotatable bonds is 8. The average molecular weight is 471 g/mol. The highest BCUT2D eigenvalue weighted by Crippen LogP contribution is 2.35. The van der Waals surface area contributed by atoms with E-state index < -0.39 is 18.1 Å². The number of hydrogen-bond acceptors (Lipinski definition) is 7. The van der Waals surface area contributed by atoms with E-state index in [-0.39, 0.29) is 12.4 Å². The molecule has 3 heterocycles. The molecule has 0 saturated heterocycles. The number of aryl methyl sites for hydroxylation is 1. The zero-order valence-electron chi connectivity index (χ0n) is 18.5. The summed E-state index contributed by atoms with van der Waals surface area (Å²) in [7, 11) is 5.30. The molecule has 3 aromatic heterocycles. The van der Waals surface area contributed by atoms with Gasteiger partial charge in [0.2, 0.25) is 12.3 Å². The Morgan fingerprint density at radius 1 is 1.15 bits per heavy atom. The van der Waals surface area contributed by atoms with Gasteiger partial charge in [-0.1, -0.05) is 0 Å². The Labute approximate surface area is 192 Å². The molecule has 0 N–H and O–H groups in total. The van der Waals surface area contributed by atoms with Gasteiger partial charge in [0.05, 0.1) is 34.9 Å². The van der Waals surface area contributed by atoms with Crippen LogP contribution in [0, 0.1) is 5.82 Å². The lowest BCUT2D eigenvalue weighted by atomic mass is 10.1. The Morgan fingerprint density at radius 2 is 1.94 bits per heavy atom. The lowest BCUT2D eigenvalue weighted by molar-refractivity contribution is -0.107. The summed E-state index contributed by atoms with van der Waals surface area (Å²) in [6, 6.07) is 7.81. The molecule has 0 radical (unpaired) electrons. The Kier molecular flexibility index (Phi) is 6.30. The molecule has 1 aromatic carbocycles. The van der Waals surface area contributed by atoms with Gasteiger partial charge in [0.1, 0.15) is 5.82 Å². The maximum atomic E-state index is 15.1. The van der Waals surface area contributed by atoms with Crippen LogP contribution in [-0.2, 0) is 18.4 Å². The first-order valence-corrected chi connectivity index (χ1v) is 10.1. The zero-order chi connectivity index (χ0) is 24.4. The molecule has 0 atom stereocenters. The second kappa shape index (κ2) is 9.33. The van der Waals surface area contributed by atoms with Crippen LogP contribution < -0.4 is 9.80 Å². The molecule has 1 amide bonds. The van der Waals surface area contributed by atoms with Crippen molar-refractivity contribution in [2.24, 2.45) is 7.05 Å². The molecule has 9 nitrogen and oxygen atoms in total. The van der Waals surface area contributed by atoms with Gasteiger partial charge in [-0.25, -0.2) is 4.39 Å². The largest absolute Gasteiger partial charge is 0.415 e. The number of pyridine rings is 1. The van der Waals surface area contributed by atoms with Crippen molar-refractivity contribution in [1.82, 2.24) is 25.0 Å². The van der Waals surface area contributed by atoms with E-state index in [0.29, 0.717) is 40.3 Å². The van der Waals surface area contributed by atoms with E-state index in [9.17, 15) is 13.6 Å². The van der Waals surface area contributed by atoms with Gasteiger partial charge in [-0.2, -0.15) is 13.9 Å². The molecule has 0 unspecified atom stereocenters. The number of amides is 1. The molecule has 0 aliphatic carbocycles. The van der Waals surface area contributed by atoms with Crippen LogP contribution in [-0.4, -0.2) is 45.5 Å². The number of halogens is 3. The average Bonchev–Trinajstić information content (AvgIpc) is 3.47. The Hall–Kier alpha value is -4.22. The molecule has 0 saturated carbocycles. The zero-order valence-corrected chi connectivity index (χ0v) is 18.5. The van der Waals surface area contributed by atoms with Gasteiger partial charge >= 0.3 is 6.43 Å². The van der Waals surface area contributed by atoms with Crippen molar-refractivity contribution in [3.8, 4) is 22.7 Å². The van der Waals surface area contributed by atoms with Crippen LogP contribution >= 0.6 is 0 Å². The Balaban J connectivity index is 1.62. The quantitative estimate of drug-likeness (QED) is 0.361. The van der Waals surface area contributed by atoms with Gasteiger partial charge in [0.15, 0.2) is 0 Å². The van der Waals surface area contributed by atoms with E-state index in [1.165, 1.54) is 17.2 Å². The lowest BCUT2D eigenvalue weighted by Gasteiger charge is -2.25. The normalized spacial score (nSPS) is 11.1. The third kappa shape index (κ3) is 4.47. The smallest absolute Gasteiger partial charge is 0.314 e. The minimum absolute atomic E-state index is 0.0429. The maximum absolute atomic E-state index is 15.1. The number of benzene rings is 1. The molecule has 0 bridgehead atoms. The maximum Gasteiger partial charge on any atom is 0.314 e. The third-order valence-electron chi connectivity index (χ3n) is 5.11. The van der Waals surface area contributed by atoms with Crippen LogP contribution in [0.15, 0.2) is 47.1 Å². The van der Waals surface area contributed by atoms with Crippen molar-refractivity contribution in [3.05, 3.63) is 60.1 Å². The van der Waals surface area contributed by atoms with Crippen molar-refractivity contribution in [1.29, 1.82) is 0 Å². The highest BCUT2D eigenvalue weighted by Gasteiger charge is 2.20. The molecule has 0 fully saturated rings. The fourth-order valence-corrected chi connectivity index (χ4v) is 3.41. The molecule has 0 spiro atoms. The minimum Gasteiger partial charge on any atom is -0.415 e. The van der Waals surface area contributed by atoms with E-state index in [0.717, 1.165) is 0 Å². The summed E-state index contributed by atoms with van der Waals surface area (Å²) >= 11 is 0. The monoisotopic (exact) mass is 471 g/mol. The molecule has 0 aliphatic heterocycles. The van der Waals surface area contributed by atoms with Gasteiger partial charge in [-0.05, 0) is 24.3 Å². The second-order valence-electron chi connectivity index (χ2n) is 7.57. The highest BCUT2D eigenvalue weighted by atomic mass is 19.3. The van der Waals surface area contributed by atoms with Crippen LogP contribution in [0.4, 0.5) is 24.5 Å². The number of alkyl halides is 2. The van der Waals surface area contributed by atoms with Crippen molar-refractivity contribution in [2.45, 2.75) is 13.0 Å². The predicted molar refractivity (Wildman–Crippen MR) is 118 cm³/mol. The van der Waals surface area contributed by atoms with Crippen LogP contribution in [0.3, 0.4) is 0 Å². The minimum atomic E-state index is -2.87. The molecular formula is C22H20F3N7O2. The summed E-state index contributed by atoms with van der Waals surface area (Å²) in [6.45, 7) is 0.0429. The standard InChI is InChI=1S/C22H20F3N7O2/c1-30(2)18-8-15(17-6-7-27-31(17)3)16(23)9-19(18)32(12-33)11-14-5-4-13(10-26-14)21-28-29-22(34-21)20(24)25/h4-10,12,20H,11H2,1-3H3. The van der Waals surface area contributed by atoms with Gasteiger partial charge in [0.25, 0.3) is 5.89 Å². The topological polar surface area (TPSA) is 93.2 Å². The lowest BCUT2D eigenvalue weighted by Crippen LogP contribution is -2.24. The van der Waals surface area contributed by atoms with Crippen molar-refractivity contribution >= 4 is 17.8 Å². The summed E-state index contributed by atoms with van der Waals surface area (Å²) in [5.41, 5.74) is 2.74. The number of nitrogens with zero attached hydrogens (tertiary/aromatic N) is 7. The summed E-state index contributed by atoms with van der Waals surface area (Å²) < 4.78 is 46.9. The summed E-state index contributed by atoms with van der Waals surface area (Å²) in [4.78, 5) is 19.3. The summed E-state index contributed by atoms with van der Waals surface area (Å²) in [5.74, 6) is -1.38. The number of hydrogen-bond donors (Lipinski definition) is 0. The van der Waals surface area contributed by atoms with Gasteiger partial charge in [0, 0.05) is 45.2 Å². The van der Waals surface area contributed by atoms with E-state index in [1.54, 1.807) is 61.2 Å². The molecule has 4 rings (SSSR count). The van der Waals surface area contributed by atoms with Crippen LogP contribution in [0.2, 0.25) is 0 Å². The van der Waals surface area contributed by atoms with Crippen LogP contribution in [0.5, 0.6) is 0 Å². The first kappa shape index (κ1) is 23.0. The van der Waals surface area contributed by atoms with Crippen molar-refractivity contribution in [3.63, 3.8) is 0 Å². The van der Waals surface area contributed by atoms with Gasteiger partial charge in [-0.3, -0.25) is 14.5 Å². The SMILES string of the molecule is CN(C)c1cc(-c2ccnn2C)c(F)cc1N(C=O)Cc1ccc(-c2nnc(C(F)F)o2)cn1. The van der Waals surface area contributed by atoms with Crippen LogP contribution in [0.25, 0.3) is 22.7 Å². The molecule has 0 aliphatic rings. The van der Waals surface area contributed by atoms with E-state index in [1.807, 2.05) is 0 Å². The first-order valence-electron chi connectivity index (χ1n) is 10.1. The number of carbonyl (C=O) groups excluding carboxylic acids is 1. The van der Waals surface area contributed by atoms with Gasteiger partial charge in [-0.15, -0.1) is 10.2 Å². The van der Waals surface area contributed by atoms with Gasteiger partial charge < -0.3 is 14.2 Å². The predicted octanol–water partition coefficient (Wildman–Crippen LogP) is 3.84. The second-order valence-corrected chi connectivity index (χ2v) is 7.57. The number of aromatic nitrogens is 5.